The molecule has 0 aromatic heterocycles. The van der Waals surface area contributed by atoms with Crippen LogP contribution in [0.15, 0.2) is 30.3 Å². The number of benzene rings is 1. The van der Waals surface area contributed by atoms with Crippen LogP contribution in [0, 0.1) is 5.92 Å². The Labute approximate surface area is 94.8 Å². The van der Waals surface area contributed by atoms with Crippen molar-refractivity contribution >= 4 is 5.91 Å². The van der Waals surface area contributed by atoms with E-state index in [1.807, 2.05) is 30.3 Å². The monoisotopic (exact) mass is 217 g/mol. The van der Waals surface area contributed by atoms with Crippen molar-refractivity contribution in [3.8, 4) is 0 Å². The van der Waals surface area contributed by atoms with Crippen molar-refractivity contribution in [3.63, 3.8) is 0 Å². The van der Waals surface area contributed by atoms with E-state index in [2.05, 4.69) is 5.32 Å². The first-order valence-corrected chi connectivity index (χ1v) is 5.80. The van der Waals surface area contributed by atoms with Gasteiger partial charge in [0.05, 0.1) is 12.2 Å². The average molecular weight is 217 g/mol. The molecule has 3 nitrogen and oxygen atoms in total. The molecule has 1 aliphatic heterocycles. The lowest BCUT2D eigenvalue weighted by Gasteiger charge is -2.11. The van der Waals surface area contributed by atoms with Gasteiger partial charge in [-0.3, -0.25) is 4.79 Å². The summed E-state index contributed by atoms with van der Waals surface area (Å²) in [5, 5.41) is 2.99. The second-order valence-electron chi connectivity index (χ2n) is 4.58. The van der Waals surface area contributed by atoms with E-state index in [1.165, 1.54) is 0 Å². The summed E-state index contributed by atoms with van der Waals surface area (Å²) in [5.74, 6) is 0.354. The van der Waals surface area contributed by atoms with Gasteiger partial charge in [0, 0.05) is 12.5 Å². The van der Waals surface area contributed by atoms with Crippen molar-refractivity contribution in [2.24, 2.45) is 5.92 Å². The normalized spacial score (nSPS) is 27.5. The van der Waals surface area contributed by atoms with E-state index >= 15 is 0 Å². The van der Waals surface area contributed by atoms with Gasteiger partial charge in [-0.1, -0.05) is 30.3 Å². The molecule has 1 amide bonds. The van der Waals surface area contributed by atoms with Crippen molar-refractivity contribution in [1.82, 2.24) is 5.32 Å². The van der Waals surface area contributed by atoms with Crippen LogP contribution in [0.3, 0.4) is 0 Å². The van der Waals surface area contributed by atoms with E-state index in [0.29, 0.717) is 18.8 Å². The molecule has 2 aliphatic rings. The summed E-state index contributed by atoms with van der Waals surface area (Å²) >= 11 is 0. The first-order valence-electron chi connectivity index (χ1n) is 5.80. The average Bonchev–Trinajstić information content (AvgIpc) is 2.94. The Balaban J connectivity index is 1.50. The third-order valence-electron chi connectivity index (χ3n) is 3.40. The number of nitrogens with one attached hydrogen (secondary N) is 1. The number of hydrogen-bond acceptors (Lipinski definition) is 2. The molecule has 0 bridgehead atoms. The molecule has 0 radical (unpaired) electrons. The number of amides is 1. The van der Waals surface area contributed by atoms with Crippen LogP contribution < -0.4 is 5.32 Å². The number of fused-ring (bicyclic) bond motifs is 1. The Morgan fingerprint density at radius 2 is 1.94 bits per heavy atom. The first kappa shape index (κ1) is 9.85. The number of epoxide rings is 1. The molecule has 16 heavy (non-hydrogen) atoms. The molecule has 3 rings (SSSR count). The Hall–Kier alpha value is -1.35. The topological polar surface area (TPSA) is 41.6 Å². The largest absolute Gasteiger partial charge is 0.370 e. The molecule has 1 aliphatic carbocycles. The molecule has 1 saturated heterocycles. The second-order valence-corrected chi connectivity index (χ2v) is 4.58. The van der Waals surface area contributed by atoms with Crippen LogP contribution in [0.4, 0.5) is 0 Å². The molecule has 1 aromatic rings. The van der Waals surface area contributed by atoms with Crippen LogP contribution >= 0.6 is 0 Å². The summed E-state index contributed by atoms with van der Waals surface area (Å²) < 4.78 is 5.32. The molecule has 0 spiro atoms. The Morgan fingerprint density at radius 1 is 1.25 bits per heavy atom. The number of ether oxygens (including phenoxy) is 1. The summed E-state index contributed by atoms with van der Waals surface area (Å²) in [4.78, 5) is 11.8. The lowest BCUT2D eigenvalue weighted by molar-refractivity contribution is -0.125. The summed E-state index contributed by atoms with van der Waals surface area (Å²) in [6.07, 6.45) is 2.58. The summed E-state index contributed by atoms with van der Waals surface area (Å²) in [6.45, 7) is 0.631. The zero-order valence-electron chi connectivity index (χ0n) is 9.06. The zero-order chi connectivity index (χ0) is 11.0. The van der Waals surface area contributed by atoms with Gasteiger partial charge in [-0.15, -0.1) is 0 Å². The van der Waals surface area contributed by atoms with Crippen LogP contribution in [0.1, 0.15) is 18.4 Å². The van der Waals surface area contributed by atoms with Crippen LogP contribution in [-0.4, -0.2) is 18.1 Å². The van der Waals surface area contributed by atoms with E-state index in [4.69, 9.17) is 4.74 Å². The Morgan fingerprint density at radius 3 is 2.62 bits per heavy atom. The summed E-state index contributed by atoms with van der Waals surface area (Å²) in [6, 6.07) is 10.00. The minimum Gasteiger partial charge on any atom is -0.370 e. The van der Waals surface area contributed by atoms with Crippen LogP contribution in [-0.2, 0) is 16.1 Å². The zero-order valence-corrected chi connectivity index (χ0v) is 9.06. The van der Waals surface area contributed by atoms with Crippen molar-refractivity contribution in [1.29, 1.82) is 0 Å². The van der Waals surface area contributed by atoms with Crippen molar-refractivity contribution in [3.05, 3.63) is 35.9 Å². The lowest BCUT2D eigenvalue weighted by atomic mass is 10.1. The van der Waals surface area contributed by atoms with Gasteiger partial charge < -0.3 is 10.1 Å². The van der Waals surface area contributed by atoms with Gasteiger partial charge in [0.25, 0.3) is 0 Å². The van der Waals surface area contributed by atoms with E-state index < -0.39 is 0 Å². The van der Waals surface area contributed by atoms with Gasteiger partial charge in [-0.05, 0) is 18.4 Å². The predicted molar refractivity (Wildman–Crippen MR) is 59.7 cm³/mol. The highest BCUT2D eigenvalue weighted by Crippen LogP contribution is 2.42. The quantitative estimate of drug-likeness (QED) is 0.779. The minimum absolute atomic E-state index is 0.174. The second kappa shape index (κ2) is 3.91. The maximum absolute atomic E-state index is 11.8. The third-order valence-corrected chi connectivity index (χ3v) is 3.40. The van der Waals surface area contributed by atoms with E-state index in [1.54, 1.807) is 0 Å². The molecular formula is C13H15NO2. The number of carbonyl (C=O) groups is 1. The highest BCUT2D eigenvalue weighted by atomic mass is 16.6. The van der Waals surface area contributed by atoms with Gasteiger partial charge in [-0.25, -0.2) is 0 Å². The molecule has 2 atom stereocenters. The van der Waals surface area contributed by atoms with Crippen LogP contribution in [0.5, 0.6) is 0 Å². The van der Waals surface area contributed by atoms with Gasteiger partial charge in [0.2, 0.25) is 5.91 Å². The van der Waals surface area contributed by atoms with Crippen molar-refractivity contribution < 1.29 is 9.53 Å². The molecule has 1 N–H and O–H groups in total. The molecule has 3 heteroatoms. The minimum atomic E-state index is 0.174. The standard InChI is InChI=1S/C13H15NO2/c15-13(10-6-11-12(7-10)16-11)14-8-9-4-2-1-3-5-9/h1-5,10-12H,6-8H2,(H,14,15)/t11-,12-/m1/s1. The lowest BCUT2D eigenvalue weighted by Crippen LogP contribution is -2.29. The maximum atomic E-state index is 11.8. The fourth-order valence-corrected chi connectivity index (χ4v) is 2.39. The Bertz CT molecular complexity index is 380. The van der Waals surface area contributed by atoms with Crippen molar-refractivity contribution in [2.75, 3.05) is 0 Å². The highest BCUT2D eigenvalue weighted by Gasteiger charge is 2.49. The maximum Gasteiger partial charge on any atom is 0.223 e. The van der Waals surface area contributed by atoms with Crippen LogP contribution in [0.2, 0.25) is 0 Å². The third kappa shape index (κ3) is 1.95. The van der Waals surface area contributed by atoms with E-state index in [0.717, 1.165) is 18.4 Å². The summed E-state index contributed by atoms with van der Waals surface area (Å²) in [5.41, 5.74) is 1.15. The van der Waals surface area contributed by atoms with Gasteiger partial charge in [0.15, 0.2) is 0 Å². The Kier molecular flexibility index (Phi) is 2.40. The first-order chi connectivity index (χ1) is 7.83. The molecule has 1 heterocycles. The molecule has 0 unspecified atom stereocenters. The van der Waals surface area contributed by atoms with E-state index in [9.17, 15) is 4.79 Å². The predicted octanol–water partition coefficient (Wildman–Crippen LogP) is 1.48. The summed E-state index contributed by atoms with van der Waals surface area (Å²) in [7, 11) is 0. The number of carbonyl (C=O) groups excluding carboxylic acids is 1. The molecule has 1 saturated carbocycles. The molecular weight excluding hydrogens is 202 g/mol. The number of rotatable bonds is 3. The van der Waals surface area contributed by atoms with Crippen LogP contribution in [0.25, 0.3) is 0 Å². The highest BCUT2D eigenvalue weighted by molar-refractivity contribution is 5.79. The molecule has 2 fully saturated rings. The van der Waals surface area contributed by atoms with Gasteiger partial charge in [-0.2, -0.15) is 0 Å². The molecule has 84 valence electrons. The smallest absolute Gasteiger partial charge is 0.223 e. The van der Waals surface area contributed by atoms with Crippen molar-refractivity contribution in [2.45, 2.75) is 31.6 Å². The van der Waals surface area contributed by atoms with E-state index in [-0.39, 0.29) is 11.8 Å². The van der Waals surface area contributed by atoms with Gasteiger partial charge >= 0.3 is 0 Å². The molecule has 1 aromatic carbocycles. The van der Waals surface area contributed by atoms with Gasteiger partial charge in [0.1, 0.15) is 0 Å². The fourth-order valence-electron chi connectivity index (χ4n) is 2.39. The number of hydrogen-bond donors (Lipinski definition) is 1. The SMILES string of the molecule is O=C(NCc1ccccc1)C1C[C@H]2O[C@@H]2C1. The fraction of sp³-hybridized carbons (Fsp3) is 0.462.